The van der Waals surface area contributed by atoms with Crippen LogP contribution in [-0.4, -0.2) is 36.9 Å². The molecule has 30 heavy (non-hydrogen) atoms. The normalized spacial score (nSPS) is 15.6. The van der Waals surface area contributed by atoms with E-state index in [0.29, 0.717) is 25.3 Å². The highest BCUT2D eigenvalue weighted by Gasteiger charge is 2.41. The molecule has 1 aliphatic rings. The van der Waals surface area contributed by atoms with Crippen LogP contribution in [0.25, 0.3) is 11.2 Å². The first-order valence-corrected chi connectivity index (χ1v) is 9.51. The van der Waals surface area contributed by atoms with E-state index >= 15 is 0 Å². The number of hydrogen-bond acceptors (Lipinski definition) is 4. The summed E-state index contributed by atoms with van der Waals surface area (Å²) in [4.78, 5) is 12.9. The molecule has 4 aromatic rings. The molecule has 0 N–H and O–H groups in total. The fraction of sp³-hybridized carbons (Fsp3) is 0.286. The molecule has 0 radical (unpaired) electrons. The van der Waals surface area contributed by atoms with E-state index in [2.05, 4.69) is 10.2 Å². The van der Waals surface area contributed by atoms with Gasteiger partial charge in [-0.15, -0.1) is 10.2 Å². The minimum Gasteiger partial charge on any atom is -0.379 e. The maximum Gasteiger partial charge on any atom is 0.337 e. The zero-order valence-corrected chi connectivity index (χ0v) is 16.2. The maximum atomic E-state index is 13.4. The number of aryl methyl sites for hydroxylation is 1. The van der Waals surface area contributed by atoms with E-state index in [0.717, 1.165) is 11.4 Å². The zero-order chi connectivity index (χ0) is 20.9. The SMILES string of the molecule is Cn1cnnc1CC1(c2cccc(-n3cc4c(C(F)F)cccn4c3=O)c2)COC1. The van der Waals surface area contributed by atoms with E-state index in [1.165, 1.54) is 33.5 Å². The molecule has 154 valence electrons. The molecule has 0 bridgehead atoms. The summed E-state index contributed by atoms with van der Waals surface area (Å²) >= 11 is 0. The van der Waals surface area contributed by atoms with Gasteiger partial charge in [0.2, 0.25) is 0 Å². The van der Waals surface area contributed by atoms with Crippen molar-refractivity contribution in [2.75, 3.05) is 13.2 Å². The number of aromatic nitrogens is 5. The molecule has 0 spiro atoms. The van der Waals surface area contributed by atoms with Gasteiger partial charge in [-0.3, -0.25) is 8.97 Å². The Morgan fingerprint density at radius 2 is 2.07 bits per heavy atom. The fourth-order valence-electron chi connectivity index (χ4n) is 3.98. The predicted molar refractivity (Wildman–Crippen MR) is 105 cm³/mol. The van der Waals surface area contributed by atoms with Gasteiger partial charge < -0.3 is 9.30 Å². The third kappa shape index (κ3) is 2.85. The molecule has 0 aliphatic carbocycles. The Kier molecular flexibility index (Phi) is 4.28. The average Bonchev–Trinajstić information content (AvgIpc) is 3.27. The van der Waals surface area contributed by atoms with Gasteiger partial charge >= 0.3 is 5.69 Å². The van der Waals surface area contributed by atoms with Gasteiger partial charge in [-0.25, -0.2) is 13.6 Å². The van der Waals surface area contributed by atoms with Crippen LogP contribution in [0.4, 0.5) is 8.78 Å². The standard InChI is InChI=1S/C21H19F2N5O2/c1-26-13-24-25-18(26)9-21(11-30-12-21)14-4-2-5-15(8-14)28-10-17-16(19(22)23)6-3-7-27(17)20(28)29/h2-8,10,13,19H,9,11-12H2,1H3. The average molecular weight is 411 g/mol. The van der Waals surface area contributed by atoms with E-state index in [4.69, 9.17) is 4.74 Å². The van der Waals surface area contributed by atoms with Crippen LogP contribution in [0.15, 0.2) is 59.9 Å². The molecular formula is C21H19F2N5O2. The van der Waals surface area contributed by atoms with Crippen LogP contribution < -0.4 is 5.69 Å². The number of halogens is 2. The van der Waals surface area contributed by atoms with Gasteiger partial charge in [-0.1, -0.05) is 12.1 Å². The fourth-order valence-corrected chi connectivity index (χ4v) is 3.98. The van der Waals surface area contributed by atoms with Crippen molar-refractivity contribution < 1.29 is 13.5 Å². The number of ether oxygens (including phenoxy) is 1. The first-order chi connectivity index (χ1) is 14.5. The molecule has 3 aromatic heterocycles. The number of fused-ring (bicyclic) bond motifs is 1. The van der Waals surface area contributed by atoms with Gasteiger partial charge in [0, 0.05) is 36.8 Å². The number of imidazole rings is 1. The number of pyridine rings is 1. The summed E-state index contributed by atoms with van der Waals surface area (Å²) < 4.78 is 36.8. The van der Waals surface area contributed by atoms with E-state index in [1.54, 1.807) is 12.4 Å². The van der Waals surface area contributed by atoms with Gasteiger partial charge in [-0.2, -0.15) is 0 Å². The number of nitrogens with zero attached hydrogens (tertiary/aromatic N) is 5. The maximum absolute atomic E-state index is 13.4. The van der Waals surface area contributed by atoms with Crippen LogP contribution in [0, 0.1) is 0 Å². The van der Waals surface area contributed by atoms with E-state index in [9.17, 15) is 13.6 Å². The second-order valence-electron chi connectivity index (χ2n) is 7.66. The van der Waals surface area contributed by atoms with Crippen molar-refractivity contribution in [1.82, 2.24) is 23.7 Å². The van der Waals surface area contributed by atoms with Crippen molar-refractivity contribution in [2.45, 2.75) is 18.3 Å². The molecule has 7 nitrogen and oxygen atoms in total. The third-order valence-corrected chi connectivity index (χ3v) is 5.76. The molecular weight excluding hydrogens is 392 g/mol. The first-order valence-electron chi connectivity index (χ1n) is 9.51. The number of alkyl halides is 2. The van der Waals surface area contributed by atoms with Gasteiger partial charge in [0.05, 0.1) is 24.4 Å². The van der Waals surface area contributed by atoms with Gasteiger partial charge in [0.1, 0.15) is 12.2 Å². The highest BCUT2D eigenvalue weighted by atomic mass is 19.3. The predicted octanol–water partition coefficient (Wildman–Crippen LogP) is 2.67. The van der Waals surface area contributed by atoms with Crippen LogP contribution in [0.3, 0.4) is 0 Å². The Balaban J connectivity index is 1.59. The highest BCUT2D eigenvalue weighted by Crippen LogP contribution is 2.36. The smallest absolute Gasteiger partial charge is 0.337 e. The number of benzene rings is 1. The Hall–Kier alpha value is -3.33. The van der Waals surface area contributed by atoms with Crippen LogP contribution >= 0.6 is 0 Å². The quantitative estimate of drug-likeness (QED) is 0.507. The highest BCUT2D eigenvalue weighted by molar-refractivity contribution is 5.56. The van der Waals surface area contributed by atoms with E-state index in [-0.39, 0.29) is 16.5 Å². The van der Waals surface area contributed by atoms with Crippen molar-refractivity contribution in [3.05, 3.63) is 82.6 Å². The lowest BCUT2D eigenvalue weighted by Gasteiger charge is -2.41. The van der Waals surface area contributed by atoms with Crippen LogP contribution in [0.2, 0.25) is 0 Å². The Bertz CT molecular complexity index is 1290. The molecule has 0 amide bonds. The van der Waals surface area contributed by atoms with Crippen molar-refractivity contribution in [2.24, 2.45) is 7.05 Å². The van der Waals surface area contributed by atoms with Crippen LogP contribution in [-0.2, 0) is 23.6 Å². The summed E-state index contributed by atoms with van der Waals surface area (Å²) in [6.45, 7) is 1.07. The zero-order valence-electron chi connectivity index (χ0n) is 16.2. The molecule has 1 fully saturated rings. The molecule has 4 heterocycles. The van der Waals surface area contributed by atoms with Crippen LogP contribution in [0.1, 0.15) is 23.4 Å². The van der Waals surface area contributed by atoms with Crippen molar-refractivity contribution in [3.63, 3.8) is 0 Å². The number of hydrogen-bond donors (Lipinski definition) is 0. The summed E-state index contributed by atoms with van der Waals surface area (Å²) in [7, 11) is 1.89. The molecule has 0 atom stereocenters. The summed E-state index contributed by atoms with van der Waals surface area (Å²) in [5.74, 6) is 0.844. The minimum atomic E-state index is -2.66. The summed E-state index contributed by atoms with van der Waals surface area (Å²) in [5.41, 5.74) is 0.987. The number of rotatable bonds is 5. The monoisotopic (exact) mass is 411 g/mol. The topological polar surface area (TPSA) is 66.3 Å². The van der Waals surface area contributed by atoms with Crippen molar-refractivity contribution in [1.29, 1.82) is 0 Å². The largest absolute Gasteiger partial charge is 0.379 e. The lowest BCUT2D eigenvalue weighted by Crippen LogP contribution is -2.49. The van der Waals surface area contributed by atoms with Crippen LogP contribution in [0.5, 0.6) is 0 Å². The summed E-state index contributed by atoms with van der Waals surface area (Å²) in [6, 6.07) is 10.4. The molecule has 1 aliphatic heterocycles. The third-order valence-electron chi connectivity index (χ3n) is 5.76. The Morgan fingerprint density at radius 1 is 1.23 bits per heavy atom. The molecule has 9 heteroatoms. The molecule has 1 saturated heterocycles. The van der Waals surface area contributed by atoms with E-state index < -0.39 is 12.1 Å². The van der Waals surface area contributed by atoms with Crippen molar-refractivity contribution >= 4 is 5.52 Å². The second kappa shape index (κ2) is 6.88. The van der Waals surface area contributed by atoms with E-state index in [1.807, 2.05) is 29.8 Å². The second-order valence-corrected chi connectivity index (χ2v) is 7.66. The molecule has 0 unspecified atom stereocenters. The summed E-state index contributed by atoms with van der Waals surface area (Å²) in [5, 5.41) is 8.13. The van der Waals surface area contributed by atoms with Gasteiger partial charge in [-0.05, 0) is 29.8 Å². The lowest BCUT2D eigenvalue weighted by molar-refractivity contribution is -0.0611. The Morgan fingerprint density at radius 3 is 2.73 bits per heavy atom. The van der Waals surface area contributed by atoms with Gasteiger partial charge in [0.15, 0.2) is 0 Å². The Labute approximate surface area is 170 Å². The minimum absolute atomic E-state index is 0.171. The lowest BCUT2D eigenvalue weighted by atomic mass is 9.75. The molecule has 1 aromatic carbocycles. The summed E-state index contributed by atoms with van der Waals surface area (Å²) in [6.07, 6.45) is 2.61. The first kappa shape index (κ1) is 18.7. The van der Waals surface area contributed by atoms with Gasteiger partial charge in [0.25, 0.3) is 6.43 Å². The molecule has 0 saturated carbocycles. The molecule has 5 rings (SSSR count). The van der Waals surface area contributed by atoms with Crippen molar-refractivity contribution in [3.8, 4) is 5.69 Å².